The molecule has 1 aromatic carbocycles. The van der Waals surface area contributed by atoms with E-state index in [1.165, 1.54) is 12.0 Å². The Hall–Kier alpha value is -0.180. The topological polar surface area (TPSA) is 12.0 Å². The summed E-state index contributed by atoms with van der Waals surface area (Å²) in [6, 6.07) is 8.65. The number of thioether (sulfide) groups is 1. The summed E-state index contributed by atoms with van der Waals surface area (Å²) in [6.07, 6.45) is 1.19. The van der Waals surface area contributed by atoms with E-state index in [1.54, 1.807) is 0 Å². The van der Waals surface area contributed by atoms with Crippen molar-refractivity contribution in [2.45, 2.75) is 37.3 Å². The van der Waals surface area contributed by atoms with Crippen molar-refractivity contribution in [3.05, 3.63) is 34.9 Å². The van der Waals surface area contributed by atoms with Crippen molar-refractivity contribution in [1.82, 2.24) is 5.32 Å². The van der Waals surface area contributed by atoms with E-state index in [2.05, 4.69) is 25.2 Å². The second-order valence-corrected chi connectivity index (χ2v) is 5.97. The summed E-state index contributed by atoms with van der Waals surface area (Å²) < 4.78 is 0. The van der Waals surface area contributed by atoms with Gasteiger partial charge in [-0.1, -0.05) is 36.7 Å². The normalized spacial score (nSPS) is 14.8. The molecule has 0 bridgehead atoms. The molecule has 1 aromatic rings. The molecule has 0 aliphatic rings. The molecule has 2 atom stereocenters. The lowest BCUT2D eigenvalue weighted by atomic mass is 10.2. The summed E-state index contributed by atoms with van der Waals surface area (Å²) in [5, 5.41) is 4.80. The van der Waals surface area contributed by atoms with Crippen LogP contribution in [0.25, 0.3) is 0 Å². The van der Waals surface area contributed by atoms with E-state index < -0.39 is 0 Å². The maximum absolute atomic E-state index is 6.12. The van der Waals surface area contributed by atoms with Gasteiger partial charge in [-0.3, -0.25) is 0 Å². The highest BCUT2D eigenvalue weighted by atomic mass is 35.5. The van der Waals surface area contributed by atoms with E-state index in [-0.39, 0.29) is 0 Å². The van der Waals surface area contributed by atoms with E-state index in [0.717, 1.165) is 10.8 Å². The number of hydrogen-bond donors (Lipinski definition) is 1. The van der Waals surface area contributed by atoms with Gasteiger partial charge in [-0.15, -0.1) is 0 Å². The van der Waals surface area contributed by atoms with Crippen molar-refractivity contribution in [3.8, 4) is 0 Å². The summed E-state index contributed by atoms with van der Waals surface area (Å²) in [5.74, 6) is 0.997. The van der Waals surface area contributed by atoms with Crippen molar-refractivity contribution >= 4 is 23.4 Å². The molecule has 0 aromatic heterocycles. The van der Waals surface area contributed by atoms with Crippen LogP contribution in [-0.4, -0.2) is 18.3 Å². The molecule has 1 nitrogen and oxygen atoms in total. The summed E-state index contributed by atoms with van der Waals surface area (Å²) in [5.41, 5.74) is 1.23. The number of rotatable bonds is 6. The van der Waals surface area contributed by atoms with Crippen molar-refractivity contribution in [1.29, 1.82) is 0 Å². The van der Waals surface area contributed by atoms with Gasteiger partial charge in [0, 0.05) is 22.1 Å². The molecular weight excluding hydrogens is 238 g/mol. The Balaban J connectivity index is 2.37. The lowest BCUT2D eigenvalue weighted by Gasteiger charge is -2.16. The fourth-order valence-electron chi connectivity index (χ4n) is 1.53. The van der Waals surface area contributed by atoms with Gasteiger partial charge in [0.15, 0.2) is 0 Å². The van der Waals surface area contributed by atoms with Gasteiger partial charge in [-0.25, -0.2) is 0 Å². The molecule has 0 heterocycles. The highest BCUT2D eigenvalue weighted by Gasteiger charge is 2.08. The van der Waals surface area contributed by atoms with Crippen LogP contribution >= 0.6 is 23.4 Å². The van der Waals surface area contributed by atoms with Gasteiger partial charge < -0.3 is 5.32 Å². The van der Waals surface area contributed by atoms with E-state index in [1.807, 2.05) is 37.0 Å². The minimum absolute atomic E-state index is 0.578. The highest BCUT2D eigenvalue weighted by molar-refractivity contribution is 7.99. The number of benzene rings is 1. The van der Waals surface area contributed by atoms with Gasteiger partial charge in [0.1, 0.15) is 0 Å². The van der Waals surface area contributed by atoms with Crippen LogP contribution in [0.1, 0.15) is 25.8 Å². The van der Waals surface area contributed by atoms with Crippen molar-refractivity contribution in [2.24, 2.45) is 0 Å². The Bertz CT molecular complexity index is 317. The van der Waals surface area contributed by atoms with E-state index in [0.29, 0.717) is 11.3 Å². The number of hydrogen-bond acceptors (Lipinski definition) is 2. The van der Waals surface area contributed by atoms with Crippen molar-refractivity contribution in [3.63, 3.8) is 0 Å². The molecule has 1 rings (SSSR count). The molecule has 0 fully saturated rings. The number of nitrogens with one attached hydrogen (secondary N) is 1. The van der Waals surface area contributed by atoms with Crippen LogP contribution in [0.3, 0.4) is 0 Å². The second kappa shape index (κ2) is 7.21. The minimum Gasteiger partial charge on any atom is -0.317 e. The Morgan fingerprint density at radius 2 is 2.00 bits per heavy atom. The molecule has 0 aliphatic heterocycles. The van der Waals surface area contributed by atoms with Gasteiger partial charge in [-0.05, 0) is 32.0 Å². The van der Waals surface area contributed by atoms with Gasteiger partial charge >= 0.3 is 0 Å². The third-order valence-electron chi connectivity index (χ3n) is 2.66. The third kappa shape index (κ3) is 4.77. The molecule has 0 aliphatic carbocycles. The van der Waals surface area contributed by atoms with Gasteiger partial charge in [-0.2, -0.15) is 11.8 Å². The molecule has 3 heteroatoms. The predicted molar refractivity (Wildman–Crippen MR) is 75.3 cm³/mol. The standard InChI is InChI=1S/C13H20ClNS/c1-10(15-3)8-11(2)16-9-12-6-4-5-7-13(12)14/h4-7,10-11,15H,8-9H2,1-3H3. The molecule has 1 N–H and O–H groups in total. The molecule has 0 radical (unpaired) electrons. The van der Waals surface area contributed by atoms with Crippen LogP contribution in [0.5, 0.6) is 0 Å². The molecular formula is C13H20ClNS. The van der Waals surface area contributed by atoms with Crippen LogP contribution in [-0.2, 0) is 5.75 Å². The Morgan fingerprint density at radius 3 is 2.62 bits per heavy atom. The third-order valence-corrected chi connectivity index (χ3v) is 4.27. The minimum atomic E-state index is 0.578. The average Bonchev–Trinajstić information content (AvgIpc) is 2.28. The average molecular weight is 258 g/mol. The van der Waals surface area contributed by atoms with E-state index in [4.69, 9.17) is 11.6 Å². The first-order valence-corrected chi connectivity index (χ1v) is 7.08. The Morgan fingerprint density at radius 1 is 1.31 bits per heavy atom. The molecule has 2 unspecified atom stereocenters. The summed E-state index contributed by atoms with van der Waals surface area (Å²) >= 11 is 8.08. The van der Waals surface area contributed by atoms with E-state index in [9.17, 15) is 0 Å². The Kier molecular flexibility index (Phi) is 6.25. The molecule has 0 saturated carbocycles. The fourth-order valence-corrected chi connectivity index (χ4v) is 2.95. The fraction of sp³-hybridized carbons (Fsp3) is 0.538. The molecule has 0 amide bonds. The number of halogens is 1. The van der Waals surface area contributed by atoms with Gasteiger partial charge in [0.05, 0.1) is 0 Å². The maximum Gasteiger partial charge on any atom is 0.0446 e. The van der Waals surface area contributed by atoms with Crippen molar-refractivity contribution < 1.29 is 0 Å². The van der Waals surface area contributed by atoms with Crippen LogP contribution in [0.15, 0.2) is 24.3 Å². The molecule has 90 valence electrons. The first-order valence-electron chi connectivity index (χ1n) is 5.65. The van der Waals surface area contributed by atoms with Crippen LogP contribution in [0.2, 0.25) is 5.02 Å². The zero-order chi connectivity index (χ0) is 12.0. The SMILES string of the molecule is CNC(C)CC(C)SCc1ccccc1Cl. The summed E-state index contributed by atoms with van der Waals surface area (Å²) in [6.45, 7) is 4.49. The predicted octanol–water partition coefficient (Wildman–Crippen LogP) is 3.96. The first-order chi connectivity index (χ1) is 7.63. The van der Waals surface area contributed by atoms with Crippen molar-refractivity contribution in [2.75, 3.05) is 7.05 Å². The van der Waals surface area contributed by atoms with E-state index >= 15 is 0 Å². The lowest BCUT2D eigenvalue weighted by molar-refractivity contribution is 0.564. The smallest absolute Gasteiger partial charge is 0.0446 e. The Labute approximate surface area is 108 Å². The molecule has 0 saturated heterocycles. The quantitative estimate of drug-likeness (QED) is 0.828. The van der Waals surface area contributed by atoms with Crippen LogP contribution in [0, 0.1) is 0 Å². The first kappa shape index (κ1) is 13.9. The largest absolute Gasteiger partial charge is 0.317 e. The lowest BCUT2D eigenvalue weighted by Crippen LogP contribution is -2.24. The van der Waals surface area contributed by atoms with Gasteiger partial charge in [0.2, 0.25) is 0 Å². The van der Waals surface area contributed by atoms with Crippen LogP contribution in [0.4, 0.5) is 0 Å². The highest BCUT2D eigenvalue weighted by Crippen LogP contribution is 2.25. The molecule has 0 spiro atoms. The summed E-state index contributed by atoms with van der Waals surface area (Å²) in [7, 11) is 2.01. The van der Waals surface area contributed by atoms with Gasteiger partial charge in [0.25, 0.3) is 0 Å². The zero-order valence-electron chi connectivity index (χ0n) is 10.2. The summed E-state index contributed by atoms with van der Waals surface area (Å²) in [4.78, 5) is 0. The second-order valence-electron chi connectivity index (χ2n) is 4.14. The maximum atomic E-state index is 6.12. The van der Waals surface area contributed by atoms with Crippen LogP contribution < -0.4 is 5.32 Å². The monoisotopic (exact) mass is 257 g/mol. The molecule has 16 heavy (non-hydrogen) atoms. The zero-order valence-corrected chi connectivity index (χ0v) is 11.7.